The molecule has 0 aliphatic carbocycles. The first-order valence-electron chi connectivity index (χ1n) is 9.15. The molecule has 1 amide bonds. The van der Waals surface area contributed by atoms with Crippen molar-refractivity contribution in [2.75, 3.05) is 0 Å². The fourth-order valence-electron chi connectivity index (χ4n) is 3.04. The lowest BCUT2D eigenvalue weighted by Gasteiger charge is -2.18. The number of nitriles is 1. The zero-order valence-electron chi connectivity index (χ0n) is 15.5. The van der Waals surface area contributed by atoms with Crippen LogP contribution in [-0.4, -0.2) is 10.9 Å². The molecule has 1 aromatic heterocycles. The van der Waals surface area contributed by atoms with Gasteiger partial charge in [-0.2, -0.15) is 5.26 Å². The monoisotopic (exact) mass is 389 g/mol. The van der Waals surface area contributed by atoms with E-state index in [0.29, 0.717) is 16.2 Å². The van der Waals surface area contributed by atoms with E-state index >= 15 is 0 Å². The Hall–Kier alpha value is -3.16. The third kappa shape index (κ3) is 4.57. The van der Waals surface area contributed by atoms with Crippen molar-refractivity contribution in [1.29, 1.82) is 5.26 Å². The maximum Gasteiger partial charge on any atom is 0.262 e. The van der Waals surface area contributed by atoms with Crippen LogP contribution >= 0.6 is 11.6 Å². The molecule has 0 saturated carbocycles. The van der Waals surface area contributed by atoms with Crippen molar-refractivity contribution in [2.45, 2.75) is 25.8 Å². The van der Waals surface area contributed by atoms with Gasteiger partial charge < -0.3 is 5.32 Å². The number of amides is 1. The molecule has 3 rings (SSSR count). The highest BCUT2D eigenvalue weighted by Gasteiger charge is 2.17. The van der Waals surface area contributed by atoms with Crippen LogP contribution in [0.15, 0.2) is 66.2 Å². The SMILES string of the molecule is CCCC(NC(=O)C(C#N)=Cc1ccc2cccc(Cl)c2n1)c1ccccc1. The van der Waals surface area contributed by atoms with Gasteiger partial charge in [-0.25, -0.2) is 4.98 Å². The summed E-state index contributed by atoms with van der Waals surface area (Å²) in [5.74, 6) is -0.411. The highest BCUT2D eigenvalue weighted by Crippen LogP contribution is 2.23. The van der Waals surface area contributed by atoms with Crippen LogP contribution in [0.4, 0.5) is 0 Å². The second-order valence-electron chi connectivity index (χ2n) is 6.44. The Bertz CT molecular complexity index is 1050. The molecule has 2 aromatic carbocycles. The van der Waals surface area contributed by atoms with Gasteiger partial charge in [0.25, 0.3) is 5.91 Å². The molecule has 140 valence electrons. The summed E-state index contributed by atoms with van der Waals surface area (Å²) in [5, 5.41) is 13.9. The number of carbonyl (C=O) groups is 1. The first-order chi connectivity index (χ1) is 13.6. The first-order valence-corrected chi connectivity index (χ1v) is 9.53. The molecular weight excluding hydrogens is 370 g/mol. The van der Waals surface area contributed by atoms with Crippen molar-refractivity contribution >= 4 is 34.5 Å². The molecule has 5 heteroatoms. The van der Waals surface area contributed by atoms with Crippen LogP contribution < -0.4 is 5.32 Å². The molecule has 0 aliphatic rings. The quantitative estimate of drug-likeness (QED) is 0.450. The molecule has 0 fully saturated rings. The summed E-state index contributed by atoms with van der Waals surface area (Å²) < 4.78 is 0. The van der Waals surface area contributed by atoms with Crippen LogP contribution in [-0.2, 0) is 4.79 Å². The van der Waals surface area contributed by atoms with Crippen LogP contribution in [0.3, 0.4) is 0 Å². The van der Waals surface area contributed by atoms with Crippen molar-refractivity contribution in [1.82, 2.24) is 10.3 Å². The Morgan fingerprint density at radius 2 is 1.96 bits per heavy atom. The van der Waals surface area contributed by atoms with Crippen LogP contribution in [0.5, 0.6) is 0 Å². The summed E-state index contributed by atoms with van der Waals surface area (Å²) in [5.41, 5.74) is 2.18. The average molecular weight is 390 g/mol. The van der Waals surface area contributed by atoms with Gasteiger partial charge >= 0.3 is 0 Å². The molecule has 0 saturated heterocycles. The van der Waals surface area contributed by atoms with Gasteiger partial charge in [0.15, 0.2) is 0 Å². The van der Waals surface area contributed by atoms with Crippen molar-refractivity contribution < 1.29 is 4.79 Å². The number of pyridine rings is 1. The molecule has 0 spiro atoms. The lowest BCUT2D eigenvalue weighted by Crippen LogP contribution is -2.29. The minimum atomic E-state index is -0.411. The number of para-hydroxylation sites is 1. The van der Waals surface area contributed by atoms with Gasteiger partial charge in [-0.3, -0.25) is 4.79 Å². The summed E-state index contributed by atoms with van der Waals surface area (Å²) in [6.45, 7) is 2.06. The Morgan fingerprint density at radius 1 is 1.18 bits per heavy atom. The van der Waals surface area contributed by atoms with Crippen molar-refractivity contribution in [3.8, 4) is 6.07 Å². The second-order valence-corrected chi connectivity index (χ2v) is 6.85. The summed E-state index contributed by atoms with van der Waals surface area (Å²) >= 11 is 6.21. The van der Waals surface area contributed by atoms with E-state index in [1.165, 1.54) is 6.08 Å². The predicted octanol–water partition coefficient (Wildman–Crippen LogP) is 5.45. The van der Waals surface area contributed by atoms with Gasteiger partial charge in [0, 0.05) is 5.39 Å². The average Bonchev–Trinajstić information content (AvgIpc) is 2.72. The number of rotatable bonds is 6. The summed E-state index contributed by atoms with van der Waals surface area (Å²) in [6, 6.07) is 20.8. The number of aromatic nitrogens is 1. The van der Waals surface area contributed by atoms with E-state index in [2.05, 4.69) is 17.2 Å². The number of hydrogen-bond donors (Lipinski definition) is 1. The smallest absolute Gasteiger partial charge is 0.262 e. The summed E-state index contributed by atoms with van der Waals surface area (Å²) in [4.78, 5) is 17.2. The van der Waals surface area contributed by atoms with Crippen molar-refractivity contribution in [3.63, 3.8) is 0 Å². The van der Waals surface area contributed by atoms with E-state index in [4.69, 9.17) is 11.6 Å². The van der Waals surface area contributed by atoms with Gasteiger partial charge in [0.2, 0.25) is 0 Å². The Labute approximate surface area is 169 Å². The molecule has 0 bridgehead atoms. The molecule has 28 heavy (non-hydrogen) atoms. The highest BCUT2D eigenvalue weighted by atomic mass is 35.5. The van der Waals surface area contributed by atoms with E-state index in [1.54, 1.807) is 12.1 Å². The summed E-state index contributed by atoms with van der Waals surface area (Å²) in [6.07, 6.45) is 3.20. The largest absolute Gasteiger partial charge is 0.345 e. The zero-order valence-corrected chi connectivity index (χ0v) is 16.3. The topological polar surface area (TPSA) is 65.8 Å². The first kappa shape index (κ1) is 19.6. The standard InChI is InChI=1S/C23H20ClN3O/c1-2-7-21(16-8-4-3-5-9-16)27-23(28)18(15-25)14-19-13-12-17-10-6-11-20(24)22(17)26-19/h3-6,8-14,21H,2,7H2,1H3,(H,27,28). The number of benzene rings is 2. The minimum Gasteiger partial charge on any atom is -0.345 e. The number of halogens is 1. The van der Waals surface area contributed by atoms with Gasteiger partial charge in [-0.05, 0) is 30.2 Å². The maximum atomic E-state index is 12.7. The Morgan fingerprint density at radius 3 is 2.68 bits per heavy atom. The normalized spacial score (nSPS) is 12.4. The van der Waals surface area contributed by atoms with Gasteiger partial charge in [0.1, 0.15) is 11.6 Å². The van der Waals surface area contributed by atoms with E-state index in [0.717, 1.165) is 23.8 Å². The lowest BCUT2D eigenvalue weighted by molar-refractivity contribution is -0.117. The predicted molar refractivity (Wildman–Crippen MR) is 113 cm³/mol. The van der Waals surface area contributed by atoms with Gasteiger partial charge in [-0.15, -0.1) is 0 Å². The molecule has 0 radical (unpaired) electrons. The molecule has 1 N–H and O–H groups in total. The zero-order chi connectivity index (χ0) is 19.9. The third-order valence-electron chi connectivity index (χ3n) is 4.43. The van der Waals surface area contributed by atoms with Gasteiger partial charge in [-0.1, -0.05) is 73.5 Å². The van der Waals surface area contributed by atoms with E-state index in [1.807, 2.05) is 54.6 Å². The van der Waals surface area contributed by atoms with Crippen LogP contribution in [0, 0.1) is 11.3 Å². The fraction of sp³-hybridized carbons (Fsp3) is 0.174. The minimum absolute atomic E-state index is 0.0101. The Kier molecular flexibility index (Phi) is 6.41. The van der Waals surface area contributed by atoms with E-state index in [-0.39, 0.29) is 11.6 Å². The molecule has 1 unspecified atom stereocenters. The molecule has 3 aromatic rings. The van der Waals surface area contributed by atoms with Crippen LogP contribution in [0.1, 0.15) is 37.1 Å². The van der Waals surface area contributed by atoms with Crippen LogP contribution in [0.25, 0.3) is 17.0 Å². The van der Waals surface area contributed by atoms with Gasteiger partial charge in [0.05, 0.1) is 22.3 Å². The molecule has 1 atom stereocenters. The van der Waals surface area contributed by atoms with E-state index in [9.17, 15) is 10.1 Å². The Balaban J connectivity index is 1.86. The lowest BCUT2D eigenvalue weighted by atomic mass is 10.0. The fourth-order valence-corrected chi connectivity index (χ4v) is 3.26. The molecule has 1 heterocycles. The number of nitrogens with one attached hydrogen (secondary N) is 1. The maximum absolute atomic E-state index is 12.7. The second kappa shape index (κ2) is 9.16. The highest BCUT2D eigenvalue weighted by molar-refractivity contribution is 6.35. The molecule has 4 nitrogen and oxygen atoms in total. The van der Waals surface area contributed by atoms with Crippen molar-refractivity contribution in [2.24, 2.45) is 0 Å². The number of carbonyl (C=O) groups excluding carboxylic acids is 1. The number of fused-ring (bicyclic) bond motifs is 1. The molecular formula is C23H20ClN3O. The summed E-state index contributed by atoms with van der Waals surface area (Å²) in [7, 11) is 0. The van der Waals surface area contributed by atoms with Crippen molar-refractivity contribution in [3.05, 3.63) is 82.5 Å². The van der Waals surface area contributed by atoms with E-state index < -0.39 is 5.91 Å². The van der Waals surface area contributed by atoms with Crippen LogP contribution in [0.2, 0.25) is 5.02 Å². The number of nitrogens with zero attached hydrogens (tertiary/aromatic N) is 2. The molecule has 0 aliphatic heterocycles. The third-order valence-corrected chi connectivity index (χ3v) is 4.74. The number of hydrogen-bond acceptors (Lipinski definition) is 3.